The highest BCUT2D eigenvalue weighted by Gasteiger charge is 2.48. The van der Waals surface area contributed by atoms with E-state index >= 15 is 0 Å². The largest absolute Gasteiger partial charge is 0.457 e. The van der Waals surface area contributed by atoms with E-state index in [9.17, 15) is 14.0 Å². The zero-order chi connectivity index (χ0) is 20.3. The first-order chi connectivity index (χ1) is 13.3. The maximum atomic E-state index is 12.9. The molecule has 28 heavy (non-hydrogen) atoms. The molecule has 1 aliphatic heterocycles. The lowest BCUT2D eigenvalue weighted by Gasteiger charge is -2.33. The molecule has 0 spiro atoms. The number of urea groups is 1. The molecule has 0 radical (unpaired) electrons. The molecule has 1 heterocycles. The molecule has 8 nitrogen and oxygen atoms in total. The van der Waals surface area contributed by atoms with Gasteiger partial charge in [-0.25, -0.2) is 19.5 Å². The minimum absolute atomic E-state index is 0.274. The Bertz CT molecular complexity index is 855. The Morgan fingerprint density at radius 2 is 1.75 bits per heavy atom. The smallest absolute Gasteiger partial charge is 0.433 e. The highest BCUT2D eigenvalue weighted by Crippen LogP contribution is 2.29. The van der Waals surface area contributed by atoms with Crippen molar-refractivity contribution in [2.75, 3.05) is 0 Å². The van der Waals surface area contributed by atoms with Crippen LogP contribution >= 0.6 is 0 Å². The molecule has 0 aromatic heterocycles. The zero-order valence-corrected chi connectivity index (χ0v) is 15.3. The van der Waals surface area contributed by atoms with Crippen molar-refractivity contribution in [2.45, 2.75) is 32.2 Å². The normalized spacial score (nSPS) is 17.8. The van der Waals surface area contributed by atoms with Gasteiger partial charge >= 0.3 is 12.1 Å². The number of hydrogen-bond donors (Lipinski definition) is 3. The quantitative estimate of drug-likeness (QED) is 0.538. The van der Waals surface area contributed by atoms with Crippen molar-refractivity contribution in [1.82, 2.24) is 15.7 Å². The topological polar surface area (TPSA) is 100 Å². The summed E-state index contributed by atoms with van der Waals surface area (Å²) in [6.07, 6.45) is -1.98. The van der Waals surface area contributed by atoms with Gasteiger partial charge in [-0.1, -0.05) is 12.1 Å². The highest BCUT2D eigenvalue weighted by atomic mass is 19.1. The average molecular weight is 389 g/mol. The van der Waals surface area contributed by atoms with Crippen molar-refractivity contribution in [3.63, 3.8) is 0 Å². The van der Waals surface area contributed by atoms with Crippen LogP contribution in [0.15, 0.2) is 48.5 Å². The molecule has 3 amide bonds. The molecule has 1 fully saturated rings. The molecule has 1 aliphatic rings. The van der Waals surface area contributed by atoms with Crippen LogP contribution in [0.3, 0.4) is 0 Å². The number of carbonyl (C=O) groups is 2. The van der Waals surface area contributed by atoms with E-state index in [0.29, 0.717) is 11.5 Å². The fraction of sp³-hybridized carbons (Fsp3) is 0.263. The van der Waals surface area contributed by atoms with Crippen molar-refractivity contribution >= 4 is 12.1 Å². The van der Waals surface area contributed by atoms with E-state index in [0.717, 1.165) is 5.56 Å². The number of ether oxygens (including phenoxy) is 2. The number of hydrogen-bond acceptors (Lipinski definition) is 5. The first-order valence-electron chi connectivity index (χ1n) is 8.51. The molecule has 2 aromatic rings. The van der Waals surface area contributed by atoms with Crippen LogP contribution in [-0.2, 0) is 11.3 Å². The fourth-order valence-electron chi connectivity index (χ4n) is 2.84. The summed E-state index contributed by atoms with van der Waals surface area (Å²) < 4.78 is 23.6. The predicted octanol–water partition coefficient (Wildman–Crippen LogP) is 3.36. The average Bonchev–Trinajstić information content (AvgIpc) is 2.87. The Morgan fingerprint density at radius 3 is 2.32 bits per heavy atom. The van der Waals surface area contributed by atoms with Crippen LogP contribution in [0, 0.1) is 5.82 Å². The summed E-state index contributed by atoms with van der Waals surface area (Å²) in [7, 11) is 0. The van der Waals surface area contributed by atoms with Gasteiger partial charge in [-0.05, 0) is 55.8 Å². The molecule has 0 aliphatic carbocycles. The van der Waals surface area contributed by atoms with E-state index in [2.05, 4.69) is 5.32 Å². The van der Waals surface area contributed by atoms with Crippen molar-refractivity contribution in [1.29, 1.82) is 0 Å². The van der Waals surface area contributed by atoms with E-state index in [-0.39, 0.29) is 12.4 Å². The van der Waals surface area contributed by atoms with Crippen LogP contribution in [0.2, 0.25) is 0 Å². The standard InChI is InChI=1S/C19H20FN3O5/c1-19(2)16(28-18(25)22-26)21-17(24)23(19)11-12-3-7-14(8-4-12)27-15-9-5-13(20)6-10-15/h3-10,16,26H,11H2,1-2H3,(H,21,24)(H,22,25)/t16-/m1/s1. The fourth-order valence-corrected chi connectivity index (χ4v) is 2.84. The minimum Gasteiger partial charge on any atom is -0.457 e. The molecule has 148 valence electrons. The van der Waals surface area contributed by atoms with Gasteiger partial charge in [0.25, 0.3) is 0 Å². The lowest BCUT2D eigenvalue weighted by Crippen LogP contribution is -2.49. The Hall–Kier alpha value is -3.33. The predicted molar refractivity (Wildman–Crippen MR) is 96.3 cm³/mol. The van der Waals surface area contributed by atoms with E-state index in [1.54, 1.807) is 38.1 Å². The van der Waals surface area contributed by atoms with Gasteiger partial charge in [-0.15, -0.1) is 0 Å². The number of amides is 3. The van der Waals surface area contributed by atoms with Gasteiger partial charge in [0.2, 0.25) is 6.23 Å². The Labute approximate surface area is 160 Å². The van der Waals surface area contributed by atoms with Crippen LogP contribution in [0.1, 0.15) is 19.4 Å². The van der Waals surface area contributed by atoms with Crippen molar-refractivity contribution in [3.8, 4) is 11.5 Å². The molecule has 0 saturated carbocycles. The monoisotopic (exact) mass is 389 g/mol. The Morgan fingerprint density at radius 1 is 1.18 bits per heavy atom. The zero-order valence-electron chi connectivity index (χ0n) is 15.3. The molecular formula is C19H20FN3O5. The van der Waals surface area contributed by atoms with E-state index in [1.807, 2.05) is 0 Å². The van der Waals surface area contributed by atoms with Gasteiger partial charge in [-0.2, -0.15) is 0 Å². The minimum atomic E-state index is -1.05. The molecule has 0 bridgehead atoms. The number of benzene rings is 2. The molecule has 2 aromatic carbocycles. The Kier molecular flexibility index (Phi) is 5.36. The van der Waals surface area contributed by atoms with E-state index in [1.165, 1.54) is 34.6 Å². The lowest BCUT2D eigenvalue weighted by atomic mass is 10.0. The number of carbonyl (C=O) groups excluding carboxylic acids is 2. The second-order valence-electron chi connectivity index (χ2n) is 6.79. The van der Waals surface area contributed by atoms with Crippen molar-refractivity contribution in [3.05, 3.63) is 59.9 Å². The van der Waals surface area contributed by atoms with Crippen LogP contribution in [0.25, 0.3) is 0 Å². The van der Waals surface area contributed by atoms with Gasteiger partial charge in [0, 0.05) is 6.54 Å². The first-order valence-corrected chi connectivity index (χ1v) is 8.51. The van der Waals surface area contributed by atoms with Crippen molar-refractivity contribution in [2.24, 2.45) is 0 Å². The molecule has 9 heteroatoms. The number of halogens is 1. The van der Waals surface area contributed by atoms with Gasteiger partial charge in [0.15, 0.2) is 0 Å². The van der Waals surface area contributed by atoms with Gasteiger partial charge in [0.1, 0.15) is 17.3 Å². The maximum absolute atomic E-state index is 12.9. The third-order valence-electron chi connectivity index (χ3n) is 4.47. The highest BCUT2D eigenvalue weighted by molar-refractivity contribution is 5.79. The second kappa shape index (κ2) is 7.73. The first kappa shape index (κ1) is 19.4. The van der Waals surface area contributed by atoms with Gasteiger partial charge < -0.3 is 19.7 Å². The lowest BCUT2D eigenvalue weighted by molar-refractivity contribution is 0.00485. The molecule has 3 N–H and O–H groups in total. The van der Waals surface area contributed by atoms with Crippen LogP contribution < -0.4 is 15.5 Å². The third-order valence-corrected chi connectivity index (χ3v) is 4.47. The molecule has 3 rings (SSSR count). The van der Waals surface area contributed by atoms with Crippen LogP contribution in [-0.4, -0.2) is 34.0 Å². The molecular weight excluding hydrogens is 369 g/mol. The third kappa shape index (κ3) is 4.15. The van der Waals surface area contributed by atoms with Crippen LogP contribution in [0.5, 0.6) is 11.5 Å². The summed E-state index contributed by atoms with van der Waals surface area (Å²) in [5.74, 6) is 0.741. The van der Waals surface area contributed by atoms with Gasteiger partial charge in [0.05, 0.1) is 5.54 Å². The summed E-state index contributed by atoms with van der Waals surface area (Å²) in [5.41, 5.74) is 1.37. The summed E-state index contributed by atoms with van der Waals surface area (Å²) in [6.45, 7) is 3.76. The summed E-state index contributed by atoms with van der Waals surface area (Å²) >= 11 is 0. The van der Waals surface area contributed by atoms with Gasteiger partial charge in [-0.3, -0.25) is 5.21 Å². The summed E-state index contributed by atoms with van der Waals surface area (Å²) in [6, 6.07) is 12.4. The molecule has 1 atom stereocenters. The Balaban J connectivity index is 1.66. The number of hydroxylamine groups is 1. The molecule has 0 unspecified atom stereocenters. The molecule has 1 saturated heterocycles. The SMILES string of the molecule is CC1(C)[C@@H](OC(=O)NO)NC(=O)N1Cc1ccc(Oc2ccc(F)cc2)cc1. The summed E-state index contributed by atoms with van der Waals surface area (Å²) in [5, 5.41) is 11.2. The van der Waals surface area contributed by atoms with E-state index < -0.39 is 23.9 Å². The van der Waals surface area contributed by atoms with Crippen molar-refractivity contribution < 1.29 is 28.7 Å². The summed E-state index contributed by atoms with van der Waals surface area (Å²) in [4.78, 5) is 25.1. The maximum Gasteiger partial charge on any atom is 0.433 e. The van der Waals surface area contributed by atoms with Crippen LogP contribution in [0.4, 0.5) is 14.0 Å². The second-order valence-corrected chi connectivity index (χ2v) is 6.79. The van der Waals surface area contributed by atoms with E-state index in [4.69, 9.17) is 14.7 Å². The number of nitrogens with zero attached hydrogens (tertiary/aromatic N) is 1. The number of nitrogens with one attached hydrogen (secondary N) is 2. The number of rotatable bonds is 5.